The maximum Gasteiger partial charge on any atom is 0.416 e. The Hall–Kier alpha value is -3.00. The molecular formula is C23H21ClF3NO4. The second kappa shape index (κ2) is 9.24. The minimum atomic E-state index is -4.52. The first kappa shape index (κ1) is 23.7. The number of benzene rings is 2. The van der Waals surface area contributed by atoms with Crippen LogP contribution < -0.4 is 0 Å². The maximum atomic E-state index is 13.2. The Bertz CT molecular complexity index is 1170. The molecule has 1 aromatic heterocycles. The number of carbonyl (C=O) groups is 2. The number of unbranched alkanes of at least 4 members (excludes halogenated alkanes) is 1. The number of halogens is 4. The number of phenols is 1. The minimum Gasteiger partial charge on any atom is -0.506 e. The quantitative estimate of drug-likeness (QED) is 0.362. The molecule has 9 heteroatoms. The highest BCUT2D eigenvalue weighted by Gasteiger charge is 2.30. The van der Waals surface area contributed by atoms with Gasteiger partial charge in [0.25, 0.3) is 5.91 Å². The van der Waals surface area contributed by atoms with Gasteiger partial charge in [-0.3, -0.25) is 14.2 Å². The van der Waals surface area contributed by atoms with E-state index in [1.165, 1.54) is 16.7 Å². The number of hydrogen-bond acceptors (Lipinski definition) is 4. The van der Waals surface area contributed by atoms with E-state index in [4.69, 9.17) is 16.3 Å². The first-order valence-corrected chi connectivity index (χ1v) is 10.3. The maximum absolute atomic E-state index is 13.2. The van der Waals surface area contributed by atoms with E-state index >= 15 is 0 Å². The van der Waals surface area contributed by atoms with Crippen LogP contribution in [0.5, 0.6) is 5.75 Å². The van der Waals surface area contributed by atoms with Gasteiger partial charge < -0.3 is 9.84 Å². The SMILES string of the molecule is CCCCOC(=O)Cc1c(C)n(C(=O)c2ccc(C(F)(F)F)cc2)c2cc(Cl)c(O)cc12. The van der Waals surface area contributed by atoms with Crippen molar-refractivity contribution in [3.8, 4) is 5.75 Å². The molecule has 5 nitrogen and oxygen atoms in total. The van der Waals surface area contributed by atoms with Gasteiger partial charge in [-0.25, -0.2) is 0 Å². The average molecular weight is 468 g/mol. The Morgan fingerprint density at radius 3 is 2.41 bits per heavy atom. The van der Waals surface area contributed by atoms with E-state index in [0.717, 1.165) is 37.1 Å². The van der Waals surface area contributed by atoms with Gasteiger partial charge in [-0.2, -0.15) is 13.2 Å². The molecule has 0 aliphatic heterocycles. The Morgan fingerprint density at radius 2 is 1.81 bits per heavy atom. The van der Waals surface area contributed by atoms with Gasteiger partial charge in [0.15, 0.2) is 0 Å². The topological polar surface area (TPSA) is 68.5 Å². The summed E-state index contributed by atoms with van der Waals surface area (Å²) in [5.41, 5.74) is 0.352. The highest BCUT2D eigenvalue weighted by atomic mass is 35.5. The van der Waals surface area contributed by atoms with Crippen molar-refractivity contribution in [3.05, 3.63) is 63.8 Å². The molecule has 0 fully saturated rings. The van der Waals surface area contributed by atoms with E-state index in [-0.39, 0.29) is 29.4 Å². The molecule has 0 amide bonds. The molecule has 0 bridgehead atoms. The molecule has 0 aliphatic rings. The van der Waals surface area contributed by atoms with E-state index in [0.29, 0.717) is 22.2 Å². The monoisotopic (exact) mass is 467 g/mol. The van der Waals surface area contributed by atoms with Crippen LogP contribution in [0.3, 0.4) is 0 Å². The number of phenolic OH excluding ortho intramolecular Hbond substituents is 1. The van der Waals surface area contributed by atoms with Gasteiger partial charge >= 0.3 is 12.1 Å². The highest BCUT2D eigenvalue weighted by Crippen LogP contribution is 2.35. The van der Waals surface area contributed by atoms with Crippen LogP contribution in [0.1, 0.15) is 46.9 Å². The molecule has 0 unspecified atom stereocenters. The molecule has 3 rings (SSSR count). The highest BCUT2D eigenvalue weighted by molar-refractivity contribution is 6.33. The molecule has 0 radical (unpaired) electrons. The molecule has 1 N–H and O–H groups in total. The van der Waals surface area contributed by atoms with Crippen LogP contribution in [-0.2, 0) is 22.1 Å². The molecule has 0 saturated heterocycles. The van der Waals surface area contributed by atoms with Crippen molar-refractivity contribution < 1.29 is 32.6 Å². The first-order valence-electron chi connectivity index (χ1n) is 9.94. The van der Waals surface area contributed by atoms with Gasteiger partial charge in [-0.1, -0.05) is 24.9 Å². The van der Waals surface area contributed by atoms with Crippen molar-refractivity contribution in [2.24, 2.45) is 0 Å². The Balaban J connectivity index is 2.06. The van der Waals surface area contributed by atoms with E-state index in [1.54, 1.807) is 6.92 Å². The van der Waals surface area contributed by atoms with Crippen LogP contribution in [0, 0.1) is 6.92 Å². The molecule has 170 valence electrons. The Morgan fingerprint density at radius 1 is 1.16 bits per heavy atom. The summed E-state index contributed by atoms with van der Waals surface area (Å²) in [7, 11) is 0. The number of esters is 1. The van der Waals surface area contributed by atoms with Gasteiger partial charge in [0.05, 0.1) is 29.1 Å². The van der Waals surface area contributed by atoms with Crippen LogP contribution in [-0.4, -0.2) is 28.2 Å². The number of hydrogen-bond donors (Lipinski definition) is 1. The lowest BCUT2D eigenvalue weighted by Gasteiger charge is -2.10. The number of carbonyl (C=O) groups excluding carboxylic acids is 2. The van der Waals surface area contributed by atoms with Gasteiger partial charge in [0.1, 0.15) is 5.75 Å². The summed E-state index contributed by atoms with van der Waals surface area (Å²) in [4.78, 5) is 25.5. The number of fused-ring (bicyclic) bond motifs is 1. The number of alkyl halides is 3. The van der Waals surface area contributed by atoms with Gasteiger partial charge in [-0.15, -0.1) is 0 Å². The lowest BCUT2D eigenvalue weighted by molar-refractivity contribution is -0.143. The third kappa shape index (κ3) is 4.75. The summed E-state index contributed by atoms with van der Waals surface area (Å²) in [6.45, 7) is 3.85. The van der Waals surface area contributed by atoms with Crippen LogP contribution >= 0.6 is 11.6 Å². The second-order valence-corrected chi connectivity index (χ2v) is 7.76. The van der Waals surface area contributed by atoms with Crippen molar-refractivity contribution >= 4 is 34.4 Å². The van der Waals surface area contributed by atoms with E-state index in [1.807, 2.05) is 6.92 Å². The summed E-state index contributed by atoms with van der Waals surface area (Å²) in [5, 5.41) is 10.5. The van der Waals surface area contributed by atoms with Gasteiger partial charge in [0.2, 0.25) is 0 Å². The normalized spacial score (nSPS) is 11.7. The zero-order chi connectivity index (χ0) is 23.6. The van der Waals surface area contributed by atoms with Crippen LogP contribution in [0.4, 0.5) is 13.2 Å². The largest absolute Gasteiger partial charge is 0.506 e. The lowest BCUT2D eigenvalue weighted by Crippen LogP contribution is -2.15. The van der Waals surface area contributed by atoms with Crippen molar-refractivity contribution in [3.63, 3.8) is 0 Å². The van der Waals surface area contributed by atoms with Gasteiger partial charge in [-0.05, 0) is 55.3 Å². The summed E-state index contributed by atoms with van der Waals surface area (Å²) in [6, 6.07) is 6.59. The number of rotatable bonds is 6. The summed E-state index contributed by atoms with van der Waals surface area (Å²) < 4.78 is 45.1. The van der Waals surface area contributed by atoms with Crippen molar-refractivity contribution in [2.75, 3.05) is 6.61 Å². The fourth-order valence-corrected chi connectivity index (χ4v) is 3.59. The molecule has 0 aliphatic carbocycles. The molecular weight excluding hydrogens is 447 g/mol. The third-order valence-corrected chi connectivity index (χ3v) is 5.45. The molecule has 32 heavy (non-hydrogen) atoms. The average Bonchev–Trinajstić information content (AvgIpc) is 2.98. The molecule has 0 atom stereocenters. The smallest absolute Gasteiger partial charge is 0.416 e. The molecule has 0 spiro atoms. The number of ether oxygens (including phenoxy) is 1. The predicted octanol–water partition coefficient (Wildman–Crippen LogP) is 5.90. The third-order valence-electron chi connectivity index (χ3n) is 5.15. The van der Waals surface area contributed by atoms with Crippen molar-refractivity contribution in [1.29, 1.82) is 0 Å². The van der Waals surface area contributed by atoms with Crippen LogP contribution in [0.25, 0.3) is 10.9 Å². The van der Waals surface area contributed by atoms with E-state index < -0.39 is 23.6 Å². The first-order chi connectivity index (χ1) is 15.0. The molecule has 3 aromatic rings. The van der Waals surface area contributed by atoms with E-state index in [9.17, 15) is 27.9 Å². The predicted molar refractivity (Wildman–Crippen MR) is 114 cm³/mol. The number of aromatic hydroxyl groups is 1. The second-order valence-electron chi connectivity index (χ2n) is 7.35. The summed E-state index contributed by atoms with van der Waals surface area (Å²) >= 11 is 6.04. The van der Waals surface area contributed by atoms with Crippen LogP contribution in [0.2, 0.25) is 5.02 Å². The Labute approximate surface area is 187 Å². The Kier molecular flexibility index (Phi) is 6.83. The summed E-state index contributed by atoms with van der Waals surface area (Å²) in [6.07, 6.45) is -3.08. The zero-order valence-electron chi connectivity index (χ0n) is 17.4. The fraction of sp³-hybridized carbons (Fsp3) is 0.304. The standard InChI is InChI=1S/C23H21ClF3NO4/c1-3-4-9-32-21(30)11-16-13(2)28(19-12-18(24)20(29)10-17(16)19)22(31)14-5-7-15(8-6-14)23(25,26)27/h5-8,10,12,29H,3-4,9,11H2,1-2H3. The number of nitrogens with zero attached hydrogens (tertiary/aromatic N) is 1. The molecule has 0 saturated carbocycles. The number of aromatic nitrogens is 1. The van der Waals surface area contributed by atoms with Crippen LogP contribution in [0.15, 0.2) is 36.4 Å². The summed E-state index contributed by atoms with van der Waals surface area (Å²) in [5.74, 6) is -1.30. The van der Waals surface area contributed by atoms with Crippen molar-refractivity contribution in [2.45, 2.75) is 39.3 Å². The molecule has 2 aromatic carbocycles. The van der Waals surface area contributed by atoms with Gasteiger partial charge in [0, 0.05) is 16.6 Å². The lowest BCUT2D eigenvalue weighted by atomic mass is 10.1. The minimum absolute atomic E-state index is 0.00598. The van der Waals surface area contributed by atoms with Crippen molar-refractivity contribution in [1.82, 2.24) is 4.57 Å². The van der Waals surface area contributed by atoms with E-state index in [2.05, 4.69) is 0 Å². The zero-order valence-corrected chi connectivity index (χ0v) is 18.2. The fourth-order valence-electron chi connectivity index (χ4n) is 3.43. The molecule has 1 heterocycles.